The first-order chi connectivity index (χ1) is 10.1. The molecule has 0 amide bonds. The highest BCUT2D eigenvalue weighted by Crippen LogP contribution is 2.60. The highest BCUT2D eigenvalue weighted by Gasteiger charge is 2.54. The molecule has 0 spiro atoms. The molecule has 2 saturated carbocycles. The van der Waals surface area contributed by atoms with E-state index in [1.807, 2.05) is 0 Å². The van der Waals surface area contributed by atoms with Gasteiger partial charge in [0, 0.05) is 11.1 Å². The minimum atomic E-state index is 0.536. The third-order valence-corrected chi connectivity index (χ3v) is 6.01. The Morgan fingerprint density at radius 3 is 2.43 bits per heavy atom. The zero-order chi connectivity index (χ0) is 15.0. The van der Waals surface area contributed by atoms with Gasteiger partial charge in [-0.2, -0.15) is 0 Å². The van der Waals surface area contributed by atoms with Gasteiger partial charge in [-0.1, -0.05) is 37.4 Å². The van der Waals surface area contributed by atoms with Gasteiger partial charge in [0.25, 0.3) is 0 Å². The Bertz CT molecular complexity index is 499. The number of nitrogens with one attached hydrogen (secondary N) is 1. The smallest absolute Gasteiger partial charge is 0.0438 e. The van der Waals surface area contributed by atoms with Crippen molar-refractivity contribution in [2.75, 3.05) is 6.54 Å². The molecule has 0 aliphatic heterocycles. The Morgan fingerprint density at radius 2 is 1.81 bits per heavy atom. The monoisotopic (exact) mass is 305 g/mol. The lowest BCUT2D eigenvalue weighted by atomic mass is 9.94. The molecule has 0 saturated heterocycles. The van der Waals surface area contributed by atoms with Crippen molar-refractivity contribution in [3.05, 3.63) is 33.8 Å². The summed E-state index contributed by atoms with van der Waals surface area (Å²) < 4.78 is 0. The molecule has 2 aliphatic carbocycles. The van der Waals surface area contributed by atoms with Crippen molar-refractivity contribution in [1.82, 2.24) is 5.32 Å². The number of benzene rings is 1. The summed E-state index contributed by atoms with van der Waals surface area (Å²) >= 11 is 6.29. The van der Waals surface area contributed by atoms with Gasteiger partial charge in [0.2, 0.25) is 0 Å². The summed E-state index contributed by atoms with van der Waals surface area (Å²) in [4.78, 5) is 0. The first-order valence-corrected chi connectivity index (χ1v) is 9.01. The van der Waals surface area contributed by atoms with Crippen molar-refractivity contribution in [2.45, 2.75) is 58.9 Å². The molecule has 21 heavy (non-hydrogen) atoms. The first kappa shape index (κ1) is 15.4. The molecular formula is C19H28ClN. The van der Waals surface area contributed by atoms with Crippen LogP contribution in [-0.4, -0.2) is 6.54 Å². The number of hydrogen-bond acceptors (Lipinski definition) is 1. The number of rotatable bonds is 5. The third kappa shape index (κ3) is 3.00. The van der Waals surface area contributed by atoms with Crippen LogP contribution in [0.25, 0.3) is 0 Å². The van der Waals surface area contributed by atoms with E-state index in [1.54, 1.807) is 0 Å². The quantitative estimate of drug-likeness (QED) is 0.764. The Kier molecular flexibility index (Phi) is 4.61. The second-order valence-electron chi connectivity index (χ2n) is 7.08. The topological polar surface area (TPSA) is 12.0 Å². The van der Waals surface area contributed by atoms with E-state index in [9.17, 15) is 0 Å². The molecule has 0 bridgehead atoms. The standard InChI is InChI=1S/C19H28ClN/c1-4-9-21-19(18-14-7-5-6-8-15(14)18)16-10-13(3)17(20)11-12(16)2/h10-11,14-15,18-19,21H,4-9H2,1-3H3. The number of fused-ring (bicyclic) bond motifs is 1. The van der Waals surface area contributed by atoms with Crippen LogP contribution in [0.4, 0.5) is 0 Å². The Hall–Kier alpha value is -0.530. The minimum Gasteiger partial charge on any atom is -0.310 e. The molecule has 1 aromatic rings. The summed E-state index contributed by atoms with van der Waals surface area (Å²) in [7, 11) is 0. The molecule has 0 heterocycles. The molecule has 2 heteroatoms. The van der Waals surface area contributed by atoms with E-state index in [2.05, 4.69) is 38.2 Å². The summed E-state index contributed by atoms with van der Waals surface area (Å²) in [6.45, 7) is 7.71. The Labute approximate surface area is 134 Å². The summed E-state index contributed by atoms with van der Waals surface area (Å²) in [6.07, 6.45) is 6.98. The van der Waals surface area contributed by atoms with Crippen molar-refractivity contribution in [1.29, 1.82) is 0 Å². The average Bonchev–Trinajstić information content (AvgIpc) is 3.19. The van der Waals surface area contributed by atoms with Crippen molar-refractivity contribution in [3.63, 3.8) is 0 Å². The molecule has 1 aromatic carbocycles. The fourth-order valence-corrected chi connectivity index (χ4v) is 4.65. The lowest BCUT2D eigenvalue weighted by Crippen LogP contribution is -2.26. The molecule has 1 nitrogen and oxygen atoms in total. The maximum absolute atomic E-state index is 6.29. The molecule has 3 atom stereocenters. The second kappa shape index (κ2) is 6.30. The minimum absolute atomic E-state index is 0.536. The number of aryl methyl sites for hydroxylation is 2. The molecular weight excluding hydrogens is 278 g/mol. The van der Waals surface area contributed by atoms with Crippen LogP contribution in [0.3, 0.4) is 0 Å². The van der Waals surface area contributed by atoms with Crippen molar-refractivity contribution < 1.29 is 0 Å². The van der Waals surface area contributed by atoms with Crippen LogP contribution < -0.4 is 5.32 Å². The largest absolute Gasteiger partial charge is 0.310 e. The molecule has 0 radical (unpaired) electrons. The van der Waals surface area contributed by atoms with Crippen molar-refractivity contribution >= 4 is 11.6 Å². The van der Waals surface area contributed by atoms with Crippen LogP contribution in [0, 0.1) is 31.6 Å². The molecule has 3 rings (SSSR count). The lowest BCUT2D eigenvalue weighted by molar-refractivity contribution is 0.444. The van der Waals surface area contributed by atoms with Crippen LogP contribution in [0.5, 0.6) is 0 Å². The highest BCUT2D eigenvalue weighted by atomic mass is 35.5. The third-order valence-electron chi connectivity index (χ3n) is 5.60. The Morgan fingerprint density at radius 1 is 1.14 bits per heavy atom. The zero-order valence-electron chi connectivity index (χ0n) is 13.6. The molecule has 1 N–H and O–H groups in total. The van der Waals surface area contributed by atoms with Crippen LogP contribution >= 0.6 is 11.6 Å². The van der Waals surface area contributed by atoms with Gasteiger partial charge < -0.3 is 5.32 Å². The van der Waals surface area contributed by atoms with Gasteiger partial charge in [0.1, 0.15) is 0 Å². The van der Waals surface area contributed by atoms with E-state index in [0.29, 0.717) is 6.04 Å². The predicted molar refractivity (Wildman–Crippen MR) is 90.9 cm³/mol. The fraction of sp³-hybridized carbons (Fsp3) is 0.684. The van der Waals surface area contributed by atoms with Crippen molar-refractivity contribution in [3.8, 4) is 0 Å². The zero-order valence-corrected chi connectivity index (χ0v) is 14.3. The lowest BCUT2D eigenvalue weighted by Gasteiger charge is -2.23. The van der Waals surface area contributed by atoms with Crippen LogP contribution in [0.2, 0.25) is 5.02 Å². The maximum atomic E-state index is 6.29. The van der Waals surface area contributed by atoms with Gasteiger partial charge in [-0.3, -0.25) is 0 Å². The molecule has 2 fully saturated rings. The highest BCUT2D eigenvalue weighted by molar-refractivity contribution is 6.31. The summed E-state index contributed by atoms with van der Waals surface area (Å²) in [5, 5.41) is 4.75. The molecule has 0 aromatic heterocycles. The van der Waals surface area contributed by atoms with Gasteiger partial charge >= 0.3 is 0 Å². The van der Waals surface area contributed by atoms with Gasteiger partial charge in [-0.15, -0.1) is 0 Å². The van der Waals surface area contributed by atoms with E-state index < -0.39 is 0 Å². The van der Waals surface area contributed by atoms with E-state index in [4.69, 9.17) is 11.6 Å². The molecule has 3 unspecified atom stereocenters. The first-order valence-electron chi connectivity index (χ1n) is 8.63. The maximum Gasteiger partial charge on any atom is 0.0438 e. The second-order valence-corrected chi connectivity index (χ2v) is 7.49. The van der Waals surface area contributed by atoms with E-state index >= 15 is 0 Å². The number of hydrogen-bond donors (Lipinski definition) is 1. The molecule has 116 valence electrons. The van der Waals surface area contributed by atoms with Crippen LogP contribution in [-0.2, 0) is 0 Å². The summed E-state index contributed by atoms with van der Waals surface area (Å²) in [5.74, 6) is 2.81. The van der Waals surface area contributed by atoms with Gasteiger partial charge in [-0.25, -0.2) is 0 Å². The average molecular weight is 306 g/mol. The Balaban J connectivity index is 1.87. The van der Waals surface area contributed by atoms with Crippen LogP contribution in [0.15, 0.2) is 12.1 Å². The van der Waals surface area contributed by atoms with E-state index in [-0.39, 0.29) is 0 Å². The van der Waals surface area contributed by atoms with Gasteiger partial charge in [0.15, 0.2) is 0 Å². The predicted octanol–water partition coefficient (Wildman–Crippen LogP) is 5.43. The number of halogens is 1. The summed E-state index contributed by atoms with van der Waals surface area (Å²) in [5.41, 5.74) is 4.05. The van der Waals surface area contributed by atoms with E-state index in [0.717, 1.165) is 29.3 Å². The SMILES string of the molecule is CCCNC(c1cc(C)c(Cl)cc1C)C1C2CCCCC21. The normalized spacial score (nSPS) is 29.0. The molecule has 2 aliphatic rings. The van der Waals surface area contributed by atoms with Crippen LogP contribution in [0.1, 0.15) is 61.8 Å². The fourth-order valence-electron chi connectivity index (χ4n) is 4.43. The van der Waals surface area contributed by atoms with Crippen molar-refractivity contribution in [2.24, 2.45) is 17.8 Å². The van der Waals surface area contributed by atoms with Gasteiger partial charge in [0.05, 0.1) is 0 Å². The summed E-state index contributed by atoms with van der Waals surface area (Å²) in [6, 6.07) is 5.02. The van der Waals surface area contributed by atoms with Gasteiger partial charge in [-0.05, 0) is 80.2 Å². The van der Waals surface area contributed by atoms with E-state index in [1.165, 1.54) is 48.8 Å².